The summed E-state index contributed by atoms with van der Waals surface area (Å²) in [6.45, 7) is 0. The number of H-pyrrole nitrogens is 1. The molecule has 1 N–H and O–H groups in total. The lowest BCUT2D eigenvalue weighted by Gasteiger charge is -2.11. The number of nitrogens with one attached hydrogen (secondary N) is 1. The van der Waals surface area contributed by atoms with E-state index < -0.39 is 0 Å². The van der Waals surface area contributed by atoms with Crippen molar-refractivity contribution >= 4 is 16.7 Å². The Balaban J connectivity index is 1.87. The standard InChI is InChI=1S/C17H15N3/c1-20(2)15-9-6-13(7-10-15)5-8-14-12-17-16(19-14)4-3-11-18-17/h3-4,6-7,9-12,19H,1-2H3. The van der Waals surface area contributed by atoms with E-state index in [1.165, 1.54) is 5.69 Å². The van der Waals surface area contributed by atoms with E-state index in [9.17, 15) is 0 Å². The highest BCUT2D eigenvalue weighted by Gasteiger charge is 1.98. The number of aromatic amines is 1. The molecule has 3 nitrogen and oxygen atoms in total. The fraction of sp³-hybridized carbons (Fsp3) is 0.118. The normalized spacial score (nSPS) is 10.1. The fourth-order valence-electron chi connectivity index (χ4n) is 2.01. The minimum absolute atomic E-state index is 0.885. The summed E-state index contributed by atoms with van der Waals surface area (Å²) in [4.78, 5) is 9.60. The topological polar surface area (TPSA) is 31.9 Å². The predicted octanol–water partition coefficient (Wildman–Crippen LogP) is 3.03. The number of hydrogen-bond acceptors (Lipinski definition) is 2. The summed E-state index contributed by atoms with van der Waals surface area (Å²) >= 11 is 0. The summed E-state index contributed by atoms with van der Waals surface area (Å²) in [6, 6.07) is 14.1. The Morgan fingerprint density at radius 3 is 2.55 bits per heavy atom. The molecule has 2 heterocycles. The number of nitrogens with zero attached hydrogens (tertiary/aromatic N) is 2. The third-order valence-electron chi connectivity index (χ3n) is 3.11. The zero-order valence-corrected chi connectivity index (χ0v) is 11.5. The van der Waals surface area contributed by atoms with Crippen LogP contribution in [0.4, 0.5) is 5.69 Å². The maximum absolute atomic E-state index is 4.28. The second-order valence-corrected chi connectivity index (χ2v) is 4.81. The Morgan fingerprint density at radius 2 is 1.85 bits per heavy atom. The monoisotopic (exact) mass is 261 g/mol. The summed E-state index contributed by atoms with van der Waals surface area (Å²) in [5, 5.41) is 0. The van der Waals surface area contributed by atoms with E-state index in [0.717, 1.165) is 22.3 Å². The van der Waals surface area contributed by atoms with Crippen LogP contribution < -0.4 is 4.90 Å². The summed E-state index contributed by atoms with van der Waals surface area (Å²) in [5.41, 5.74) is 5.02. The van der Waals surface area contributed by atoms with Gasteiger partial charge in [-0.2, -0.15) is 0 Å². The quantitative estimate of drug-likeness (QED) is 0.683. The number of hydrogen-bond donors (Lipinski definition) is 1. The first-order valence-electron chi connectivity index (χ1n) is 6.45. The number of fused-ring (bicyclic) bond motifs is 1. The molecule has 0 spiro atoms. The highest BCUT2D eigenvalue weighted by molar-refractivity contribution is 5.76. The molecule has 0 aliphatic rings. The van der Waals surface area contributed by atoms with Crippen molar-refractivity contribution in [1.82, 2.24) is 9.97 Å². The van der Waals surface area contributed by atoms with Crippen LogP contribution >= 0.6 is 0 Å². The lowest BCUT2D eigenvalue weighted by molar-refractivity contribution is 1.13. The number of aromatic nitrogens is 2. The SMILES string of the molecule is CN(C)c1ccc(C#Cc2cc3ncccc3[nH]2)cc1. The second kappa shape index (κ2) is 5.10. The van der Waals surface area contributed by atoms with Crippen LogP contribution in [-0.2, 0) is 0 Å². The molecule has 0 amide bonds. The van der Waals surface area contributed by atoms with Crippen molar-refractivity contribution in [2.75, 3.05) is 19.0 Å². The molecule has 0 radical (unpaired) electrons. The van der Waals surface area contributed by atoms with Crippen molar-refractivity contribution in [2.24, 2.45) is 0 Å². The van der Waals surface area contributed by atoms with Gasteiger partial charge in [-0.3, -0.25) is 4.98 Å². The van der Waals surface area contributed by atoms with Gasteiger partial charge in [0.25, 0.3) is 0 Å². The molecular weight excluding hydrogens is 246 g/mol. The molecule has 3 aromatic rings. The third kappa shape index (κ3) is 2.50. The van der Waals surface area contributed by atoms with Gasteiger partial charge in [0, 0.05) is 31.5 Å². The summed E-state index contributed by atoms with van der Waals surface area (Å²) in [7, 11) is 4.05. The van der Waals surface area contributed by atoms with Crippen molar-refractivity contribution in [3.63, 3.8) is 0 Å². The van der Waals surface area contributed by atoms with Gasteiger partial charge in [0.05, 0.1) is 16.7 Å². The fourth-order valence-corrected chi connectivity index (χ4v) is 2.01. The van der Waals surface area contributed by atoms with Crippen LogP contribution in [0.5, 0.6) is 0 Å². The minimum Gasteiger partial charge on any atom is -0.378 e. The Labute approximate surface area is 118 Å². The van der Waals surface area contributed by atoms with Gasteiger partial charge >= 0.3 is 0 Å². The first kappa shape index (κ1) is 12.3. The third-order valence-corrected chi connectivity index (χ3v) is 3.11. The van der Waals surface area contributed by atoms with E-state index in [1.807, 2.05) is 44.4 Å². The molecule has 0 atom stereocenters. The lowest BCUT2D eigenvalue weighted by Crippen LogP contribution is -2.07. The van der Waals surface area contributed by atoms with E-state index >= 15 is 0 Å². The number of pyridine rings is 1. The average molecular weight is 261 g/mol. The molecule has 0 saturated heterocycles. The summed E-state index contributed by atoms with van der Waals surface area (Å²) < 4.78 is 0. The summed E-state index contributed by atoms with van der Waals surface area (Å²) in [5.74, 6) is 6.30. The smallest absolute Gasteiger partial charge is 0.0924 e. The molecule has 2 aromatic heterocycles. The largest absolute Gasteiger partial charge is 0.378 e. The van der Waals surface area contributed by atoms with E-state index in [0.29, 0.717) is 0 Å². The Bertz CT molecular complexity index is 753. The Hall–Kier alpha value is -2.73. The maximum atomic E-state index is 4.28. The molecular formula is C17H15N3. The molecule has 0 aliphatic heterocycles. The molecule has 98 valence electrons. The van der Waals surface area contributed by atoms with Crippen LogP contribution in [0.25, 0.3) is 11.0 Å². The van der Waals surface area contributed by atoms with Gasteiger partial charge in [0.2, 0.25) is 0 Å². The second-order valence-electron chi connectivity index (χ2n) is 4.81. The van der Waals surface area contributed by atoms with Crippen molar-refractivity contribution < 1.29 is 0 Å². The molecule has 0 unspecified atom stereocenters. The summed E-state index contributed by atoms with van der Waals surface area (Å²) in [6.07, 6.45) is 1.79. The van der Waals surface area contributed by atoms with Crippen molar-refractivity contribution in [3.05, 3.63) is 59.9 Å². The number of benzene rings is 1. The van der Waals surface area contributed by atoms with Crippen LogP contribution in [-0.4, -0.2) is 24.1 Å². The van der Waals surface area contributed by atoms with E-state index in [4.69, 9.17) is 0 Å². The molecule has 1 aromatic carbocycles. The Morgan fingerprint density at radius 1 is 1.05 bits per heavy atom. The van der Waals surface area contributed by atoms with Crippen LogP contribution in [0.2, 0.25) is 0 Å². The average Bonchev–Trinajstić information content (AvgIpc) is 2.88. The van der Waals surface area contributed by atoms with Crippen molar-refractivity contribution in [2.45, 2.75) is 0 Å². The molecule has 0 fully saturated rings. The van der Waals surface area contributed by atoms with E-state index in [1.54, 1.807) is 6.20 Å². The molecule has 0 bridgehead atoms. The van der Waals surface area contributed by atoms with Crippen LogP contribution in [0, 0.1) is 11.8 Å². The predicted molar refractivity (Wildman–Crippen MR) is 82.8 cm³/mol. The van der Waals surface area contributed by atoms with Crippen LogP contribution in [0.1, 0.15) is 11.3 Å². The van der Waals surface area contributed by atoms with Crippen LogP contribution in [0.3, 0.4) is 0 Å². The zero-order valence-electron chi connectivity index (χ0n) is 11.5. The van der Waals surface area contributed by atoms with Gasteiger partial charge in [-0.25, -0.2) is 0 Å². The van der Waals surface area contributed by atoms with Gasteiger partial charge in [-0.05, 0) is 48.4 Å². The van der Waals surface area contributed by atoms with Gasteiger partial charge in [-0.15, -0.1) is 0 Å². The lowest BCUT2D eigenvalue weighted by atomic mass is 10.2. The van der Waals surface area contributed by atoms with Gasteiger partial charge in [0.15, 0.2) is 0 Å². The molecule has 0 saturated carbocycles. The Kier molecular flexibility index (Phi) is 3.14. The number of rotatable bonds is 1. The molecule has 0 aliphatic carbocycles. The van der Waals surface area contributed by atoms with E-state index in [2.05, 4.69) is 38.8 Å². The van der Waals surface area contributed by atoms with E-state index in [-0.39, 0.29) is 0 Å². The van der Waals surface area contributed by atoms with Crippen LogP contribution in [0.15, 0.2) is 48.7 Å². The van der Waals surface area contributed by atoms with Gasteiger partial charge < -0.3 is 9.88 Å². The first-order valence-corrected chi connectivity index (χ1v) is 6.45. The van der Waals surface area contributed by atoms with Crippen molar-refractivity contribution in [3.8, 4) is 11.8 Å². The maximum Gasteiger partial charge on any atom is 0.0924 e. The van der Waals surface area contributed by atoms with Gasteiger partial charge in [-0.1, -0.05) is 5.92 Å². The molecule has 3 heteroatoms. The number of anilines is 1. The van der Waals surface area contributed by atoms with Gasteiger partial charge in [0.1, 0.15) is 0 Å². The minimum atomic E-state index is 0.885. The molecule has 20 heavy (non-hydrogen) atoms. The first-order chi connectivity index (χ1) is 9.72. The zero-order chi connectivity index (χ0) is 13.9. The highest BCUT2D eigenvalue weighted by atomic mass is 15.1. The molecule has 3 rings (SSSR count). The van der Waals surface area contributed by atoms with Crippen molar-refractivity contribution in [1.29, 1.82) is 0 Å². The highest BCUT2D eigenvalue weighted by Crippen LogP contribution is 2.13.